The van der Waals surface area contributed by atoms with E-state index in [0.29, 0.717) is 0 Å². The van der Waals surface area contributed by atoms with E-state index >= 15 is 0 Å². The van der Waals surface area contributed by atoms with Crippen LogP contribution in [0.3, 0.4) is 0 Å². The fourth-order valence-corrected chi connectivity index (χ4v) is 2.56. The Bertz CT molecular complexity index is 1020. The van der Waals surface area contributed by atoms with E-state index in [-0.39, 0.29) is 24.3 Å². The van der Waals surface area contributed by atoms with Crippen LogP contribution in [0.2, 0.25) is 0 Å². The van der Waals surface area contributed by atoms with Crippen molar-refractivity contribution in [3.05, 3.63) is 35.4 Å². The van der Waals surface area contributed by atoms with Gasteiger partial charge in [0.1, 0.15) is 0 Å². The Labute approximate surface area is 200 Å². The van der Waals surface area contributed by atoms with Gasteiger partial charge in [0.2, 0.25) is 0 Å². The van der Waals surface area contributed by atoms with Gasteiger partial charge < -0.3 is 5.11 Å². The van der Waals surface area contributed by atoms with Crippen molar-refractivity contribution in [2.75, 3.05) is 0 Å². The van der Waals surface area contributed by atoms with E-state index in [1.165, 1.54) is 0 Å². The highest BCUT2D eigenvalue weighted by Gasteiger charge is 2.97. The number of rotatable bonds is 10. The summed E-state index contributed by atoms with van der Waals surface area (Å²) in [4.78, 5) is 0. The molecule has 0 unspecified atom stereocenters. The number of hydrogen-bond acceptors (Lipinski definition) is 1. The molecule has 0 fully saturated rings. The molecule has 1 N–H and O–H groups in total. The lowest BCUT2D eigenvalue weighted by Crippen LogP contribution is -2.76. The number of alkyl halides is 21. The van der Waals surface area contributed by atoms with Crippen LogP contribution >= 0.6 is 0 Å². The van der Waals surface area contributed by atoms with Crippen molar-refractivity contribution in [3.8, 4) is 0 Å². The summed E-state index contributed by atoms with van der Waals surface area (Å²) >= 11 is 0. The lowest BCUT2D eigenvalue weighted by molar-refractivity contribution is -0.474. The molecule has 0 radical (unpaired) electrons. The Hall–Kier alpha value is -2.29. The molecule has 0 atom stereocenters. The summed E-state index contributed by atoms with van der Waals surface area (Å²) < 4.78 is 280. The van der Waals surface area contributed by atoms with E-state index in [9.17, 15) is 92.2 Å². The second-order valence-corrected chi connectivity index (χ2v) is 7.52. The molecule has 0 aliphatic carbocycles. The highest BCUT2D eigenvalue weighted by molar-refractivity contribution is 5.29. The first-order valence-electron chi connectivity index (χ1n) is 8.96. The van der Waals surface area contributed by atoms with Crippen LogP contribution in [-0.2, 0) is 12.5 Å². The smallest absolute Gasteiger partial charge is 0.392 e. The summed E-state index contributed by atoms with van der Waals surface area (Å²) in [6, 6.07) is -0.202. The van der Waals surface area contributed by atoms with Crippen molar-refractivity contribution < 1.29 is 97.3 Å². The van der Waals surface area contributed by atoms with Crippen LogP contribution in [0, 0.1) is 0 Å². The molecule has 0 spiro atoms. The van der Waals surface area contributed by atoms with Crippen molar-refractivity contribution in [2.45, 2.75) is 66.1 Å². The standard InChI is InChI=1S/C17H7F21O/c18-8(19,7-3-1-6(5-39)2-4-7)9(20,21)10(22,23)11(24,25)12(26,27)13(28,29)14(30,31)15(32,33)16(34,35)17(36,37)38/h1-4,39H,5H2. The topological polar surface area (TPSA) is 20.2 Å². The number of aliphatic hydroxyl groups is 1. The van der Waals surface area contributed by atoms with E-state index in [0.717, 1.165) is 0 Å². The molecule has 1 aromatic carbocycles. The van der Waals surface area contributed by atoms with Gasteiger partial charge in [-0.3, -0.25) is 0 Å². The average Bonchev–Trinajstić information content (AvgIpc) is 2.77. The van der Waals surface area contributed by atoms with Crippen molar-refractivity contribution in [1.29, 1.82) is 0 Å². The maximum Gasteiger partial charge on any atom is 0.460 e. The lowest BCUT2D eigenvalue weighted by Gasteiger charge is -2.44. The fourth-order valence-electron chi connectivity index (χ4n) is 2.56. The molecule has 1 nitrogen and oxygen atoms in total. The fraction of sp³-hybridized carbons (Fsp3) is 0.647. The molecule has 1 aromatic rings. The molecule has 39 heavy (non-hydrogen) atoms. The summed E-state index contributed by atoms with van der Waals surface area (Å²) in [5.41, 5.74) is -2.95. The molecular weight excluding hydrogens is 619 g/mol. The van der Waals surface area contributed by atoms with Gasteiger partial charge in [-0.15, -0.1) is 0 Å². The SMILES string of the molecule is OCc1ccc(C(F)(F)C(F)(F)C(F)(F)C(F)(F)C(F)(F)C(F)(F)C(F)(F)C(F)(F)C(F)(F)C(F)(F)F)cc1. The molecule has 22 heteroatoms. The summed E-state index contributed by atoms with van der Waals surface area (Å²) in [6.45, 7) is -1.05. The summed E-state index contributed by atoms with van der Waals surface area (Å²) in [7, 11) is 0. The van der Waals surface area contributed by atoms with Gasteiger partial charge in [-0.25, -0.2) is 0 Å². The molecule has 228 valence electrons. The van der Waals surface area contributed by atoms with Crippen molar-refractivity contribution in [1.82, 2.24) is 0 Å². The molecular formula is C17H7F21O. The monoisotopic (exact) mass is 626 g/mol. The minimum atomic E-state index is -9.20. The summed E-state index contributed by atoms with van der Waals surface area (Å²) in [6.07, 6.45) is -8.02. The normalized spacial score (nSPS) is 16.1. The molecule has 0 aliphatic rings. The van der Waals surface area contributed by atoms with Crippen molar-refractivity contribution in [2.24, 2.45) is 0 Å². The van der Waals surface area contributed by atoms with Gasteiger partial charge in [-0.2, -0.15) is 92.2 Å². The predicted molar refractivity (Wildman–Crippen MR) is 81.9 cm³/mol. The van der Waals surface area contributed by atoms with Crippen LogP contribution in [-0.4, -0.2) is 58.7 Å². The highest BCUT2D eigenvalue weighted by atomic mass is 19.4. The van der Waals surface area contributed by atoms with Crippen molar-refractivity contribution in [3.63, 3.8) is 0 Å². The van der Waals surface area contributed by atoms with Gasteiger partial charge in [0, 0.05) is 5.56 Å². The van der Waals surface area contributed by atoms with Crippen LogP contribution in [0.15, 0.2) is 24.3 Å². The number of benzene rings is 1. The zero-order valence-corrected chi connectivity index (χ0v) is 17.4. The summed E-state index contributed by atoms with van der Waals surface area (Å²) in [5.74, 6) is -77.3. The minimum Gasteiger partial charge on any atom is -0.392 e. The van der Waals surface area contributed by atoms with Gasteiger partial charge in [0.05, 0.1) is 6.61 Å². The van der Waals surface area contributed by atoms with Gasteiger partial charge in [-0.05, 0) is 5.56 Å². The van der Waals surface area contributed by atoms with Gasteiger partial charge in [0.15, 0.2) is 0 Å². The van der Waals surface area contributed by atoms with E-state index in [4.69, 9.17) is 5.11 Å². The quantitative estimate of drug-likeness (QED) is 0.262. The highest BCUT2D eigenvalue weighted by Crippen LogP contribution is 2.66. The van der Waals surface area contributed by atoms with Crippen molar-refractivity contribution >= 4 is 0 Å². The zero-order valence-electron chi connectivity index (χ0n) is 17.4. The van der Waals surface area contributed by atoms with E-state index in [1.54, 1.807) is 0 Å². The minimum absolute atomic E-state index is 0.224. The largest absolute Gasteiger partial charge is 0.460 e. The first-order valence-corrected chi connectivity index (χ1v) is 8.96. The van der Waals surface area contributed by atoms with Crippen LogP contribution in [0.4, 0.5) is 92.2 Å². The predicted octanol–water partition coefficient (Wildman–Crippen LogP) is 7.92. The number of aliphatic hydroxyl groups excluding tert-OH is 1. The molecule has 0 heterocycles. The van der Waals surface area contributed by atoms with E-state index < -0.39 is 77.2 Å². The molecule has 0 saturated heterocycles. The maximum atomic E-state index is 14.0. The Morgan fingerprint density at radius 2 is 0.641 bits per heavy atom. The third kappa shape index (κ3) is 4.34. The van der Waals surface area contributed by atoms with Gasteiger partial charge in [0.25, 0.3) is 0 Å². The molecule has 1 rings (SSSR count). The number of halogens is 21. The summed E-state index contributed by atoms with van der Waals surface area (Å²) in [5, 5.41) is 8.68. The van der Waals surface area contributed by atoms with Crippen LogP contribution in [0.1, 0.15) is 11.1 Å². The third-order valence-corrected chi connectivity index (χ3v) is 5.01. The third-order valence-electron chi connectivity index (χ3n) is 5.01. The second kappa shape index (κ2) is 9.11. The average molecular weight is 626 g/mol. The Kier molecular flexibility index (Phi) is 8.12. The maximum absolute atomic E-state index is 14.0. The Morgan fingerprint density at radius 3 is 0.897 bits per heavy atom. The Morgan fingerprint density at radius 1 is 0.385 bits per heavy atom. The van der Waals surface area contributed by atoms with Crippen LogP contribution in [0.25, 0.3) is 0 Å². The molecule has 0 aliphatic heterocycles. The Balaban J connectivity index is 3.80. The molecule has 0 saturated carbocycles. The number of hydrogen-bond donors (Lipinski definition) is 1. The van der Waals surface area contributed by atoms with Crippen LogP contribution in [0.5, 0.6) is 0 Å². The second-order valence-electron chi connectivity index (χ2n) is 7.52. The first-order chi connectivity index (χ1) is 16.8. The molecule has 0 amide bonds. The molecule has 0 bridgehead atoms. The zero-order chi connectivity index (χ0) is 31.7. The first kappa shape index (κ1) is 34.7. The van der Waals surface area contributed by atoms with E-state index in [2.05, 4.69) is 0 Å². The lowest BCUT2D eigenvalue weighted by atomic mass is 9.85. The van der Waals surface area contributed by atoms with Gasteiger partial charge >= 0.3 is 59.5 Å². The van der Waals surface area contributed by atoms with Gasteiger partial charge in [-0.1, -0.05) is 24.3 Å². The molecule has 0 aromatic heterocycles. The van der Waals surface area contributed by atoms with E-state index in [1.807, 2.05) is 0 Å². The van der Waals surface area contributed by atoms with Crippen LogP contribution < -0.4 is 0 Å².